The van der Waals surface area contributed by atoms with E-state index in [2.05, 4.69) is 26.8 Å². The molecule has 0 amide bonds. The van der Waals surface area contributed by atoms with Crippen molar-refractivity contribution in [3.63, 3.8) is 0 Å². The zero-order valence-electron chi connectivity index (χ0n) is 25.1. The Labute approximate surface area is 240 Å². The normalized spacial score (nSPS) is 19.9. The Balaban J connectivity index is 4.89. The molecule has 0 aromatic carbocycles. The molecule has 0 aromatic heterocycles. The summed E-state index contributed by atoms with van der Waals surface area (Å²) in [6, 6.07) is 0. The molecule has 0 aliphatic carbocycles. The Kier molecular flexibility index (Phi) is 19.7. The van der Waals surface area contributed by atoms with Crippen molar-refractivity contribution in [3.05, 3.63) is 59.3 Å². The van der Waals surface area contributed by atoms with E-state index in [0.29, 0.717) is 17.4 Å². The standard InChI is InChI=1S/C32H54O8/c1-7-21(2)14-22(3)15-26(20-33)17-25(6)32(40)24(5)16-23(4)30(37)13-9-11-27(34)10-8-12-28(35)18-29(36)19-31(38)39/h8-9,11-12,15-17,21-22,24,27-30,32-37,40H,7,10,13-14,18-20H2,1-6H3,(H,38,39)/b11-9+,12-8+,23-16+,25-17+,26-15+. The summed E-state index contributed by atoms with van der Waals surface area (Å²) >= 11 is 0. The summed E-state index contributed by atoms with van der Waals surface area (Å²) in [6.07, 6.45) is 9.42. The molecule has 7 N–H and O–H groups in total. The van der Waals surface area contributed by atoms with E-state index in [1.54, 1.807) is 25.2 Å². The number of aliphatic hydroxyl groups is 6. The van der Waals surface area contributed by atoms with Gasteiger partial charge in [0, 0.05) is 12.3 Å². The molecule has 0 saturated carbocycles. The van der Waals surface area contributed by atoms with Gasteiger partial charge in [0.1, 0.15) is 0 Å². The summed E-state index contributed by atoms with van der Waals surface area (Å²) in [4.78, 5) is 10.6. The quantitative estimate of drug-likeness (QED) is 0.0858. The lowest BCUT2D eigenvalue weighted by atomic mass is 9.91. The van der Waals surface area contributed by atoms with Crippen LogP contribution in [0.3, 0.4) is 0 Å². The van der Waals surface area contributed by atoms with Crippen LogP contribution in [0.1, 0.15) is 80.1 Å². The lowest BCUT2D eigenvalue weighted by Crippen LogP contribution is -2.19. The molecule has 8 unspecified atom stereocenters. The summed E-state index contributed by atoms with van der Waals surface area (Å²) in [5.41, 5.74) is 2.21. The van der Waals surface area contributed by atoms with Gasteiger partial charge in [-0.1, -0.05) is 76.6 Å². The van der Waals surface area contributed by atoms with E-state index in [1.165, 1.54) is 6.08 Å². The van der Waals surface area contributed by atoms with E-state index in [0.717, 1.165) is 24.0 Å². The van der Waals surface area contributed by atoms with Crippen molar-refractivity contribution in [1.82, 2.24) is 0 Å². The molecule has 0 heterocycles. The fraction of sp³-hybridized carbons (Fsp3) is 0.656. The van der Waals surface area contributed by atoms with Gasteiger partial charge in [0.2, 0.25) is 0 Å². The third kappa shape index (κ3) is 17.6. The van der Waals surface area contributed by atoms with Crippen molar-refractivity contribution in [1.29, 1.82) is 0 Å². The molecule has 0 aromatic rings. The summed E-state index contributed by atoms with van der Waals surface area (Å²) in [6.45, 7) is 11.9. The van der Waals surface area contributed by atoms with Crippen LogP contribution in [0, 0.1) is 17.8 Å². The van der Waals surface area contributed by atoms with Crippen LogP contribution in [0.15, 0.2) is 59.3 Å². The smallest absolute Gasteiger partial charge is 0.305 e. The third-order valence-electron chi connectivity index (χ3n) is 6.96. The average molecular weight is 567 g/mol. The Morgan fingerprint density at radius 1 is 0.825 bits per heavy atom. The number of carboxylic acids is 1. The van der Waals surface area contributed by atoms with Crippen LogP contribution in [0.5, 0.6) is 0 Å². The van der Waals surface area contributed by atoms with E-state index in [9.17, 15) is 35.4 Å². The van der Waals surface area contributed by atoms with E-state index < -0.39 is 42.9 Å². The summed E-state index contributed by atoms with van der Waals surface area (Å²) in [5, 5.41) is 69.2. The molecule has 8 heteroatoms. The molecule has 0 bridgehead atoms. The topological polar surface area (TPSA) is 159 Å². The number of carbonyl (C=O) groups is 1. The highest BCUT2D eigenvalue weighted by Crippen LogP contribution is 2.21. The van der Waals surface area contributed by atoms with Gasteiger partial charge >= 0.3 is 5.97 Å². The van der Waals surface area contributed by atoms with E-state index in [-0.39, 0.29) is 31.8 Å². The van der Waals surface area contributed by atoms with Crippen LogP contribution >= 0.6 is 0 Å². The van der Waals surface area contributed by atoms with Gasteiger partial charge in [0.25, 0.3) is 0 Å². The van der Waals surface area contributed by atoms with Crippen LogP contribution < -0.4 is 0 Å². The fourth-order valence-corrected chi connectivity index (χ4v) is 4.44. The van der Waals surface area contributed by atoms with Crippen LogP contribution in [-0.4, -0.2) is 78.8 Å². The molecule has 0 radical (unpaired) electrons. The zero-order chi connectivity index (χ0) is 30.8. The minimum atomic E-state index is -1.15. The SMILES string of the molecule is CCC(C)CC(C)/C=C(\C=C(/C)C(O)C(C)/C=C(\C)C(O)C/C=C/C(O)C/C=C/C(O)CC(O)CC(=O)O)CO. The molecule has 0 spiro atoms. The van der Waals surface area contributed by atoms with Crippen LogP contribution in [0.4, 0.5) is 0 Å². The number of carboxylic acid groups (broad SMARTS) is 1. The summed E-state index contributed by atoms with van der Waals surface area (Å²) in [7, 11) is 0. The van der Waals surface area contributed by atoms with Gasteiger partial charge in [-0.2, -0.15) is 0 Å². The number of hydrogen-bond donors (Lipinski definition) is 7. The lowest BCUT2D eigenvalue weighted by Gasteiger charge is -2.20. The van der Waals surface area contributed by atoms with Crippen molar-refractivity contribution in [2.75, 3.05) is 6.61 Å². The van der Waals surface area contributed by atoms with Crippen LogP contribution in [-0.2, 0) is 4.79 Å². The number of allylic oxidation sites excluding steroid dienone is 1. The fourth-order valence-electron chi connectivity index (χ4n) is 4.44. The van der Waals surface area contributed by atoms with Crippen molar-refractivity contribution in [2.24, 2.45) is 17.8 Å². The predicted octanol–water partition coefficient (Wildman–Crippen LogP) is 4.07. The Hall–Kier alpha value is -2.07. The van der Waals surface area contributed by atoms with Crippen molar-refractivity contribution in [3.8, 4) is 0 Å². The second kappa shape index (κ2) is 20.8. The van der Waals surface area contributed by atoms with E-state index in [4.69, 9.17) is 5.11 Å². The molecule has 0 fully saturated rings. The third-order valence-corrected chi connectivity index (χ3v) is 6.96. The van der Waals surface area contributed by atoms with Crippen molar-refractivity contribution in [2.45, 2.75) is 111 Å². The van der Waals surface area contributed by atoms with Gasteiger partial charge in [-0.25, -0.2) is 0 Å². The Morgan fingerprint density at radius 2 is 1.43 bits per heavy atom. The van der Waals surface area contributed by atoms with Gasteiger partial charge in [0.05, 0.1) is 43.5 Å². The minimum Gasteiger partial charge on any atom is -0.481 e. The van der Waals surface area contributed by atoms with Crippen LogP contribution in [0.2, 0.25) is 0 Å². The maximum atomic E-state index is 10.8. The summed E-state index contributed by atoms with van der Waals surface area (Å²) < 4.78 is 0. The predicted molar refractivity (Wildman–Crippen MR) is 160 cm³/mol. The number of rotatable bonds is 20. The number of aliphatic hydroxyl groups excluding tert-OH is 6. The van der Waals surface area contributed by atoms with Gasteiger partial charge in [-0.15, -0.1) is 0 Å². The van der Waals surface area contributed by atoms with Crippen molar-refractivity contribution >= 4 is 5.97 Å². The highest BCUT2D eigenvalue weighted by atomic mass is 16.4. The molecular formula is C32H54O8. The van der Waals surface area contributed by atoms with E-state index >= 15 is 0 Å². The first-order chi connectivity index (χ1) is 18.7. The molecule has 0 saturated heterocycles. The minimum absolute atomic E-state index is 0.0959. The first-order valence-electron chi connectivity index (χ1n) is 14.3. The Morgan fingerprint density at radius 3 is 2.00 bits per heavy atom. The number of hydrogen-bond acceptors (Lipinski definition) is 7. The molecular weight excluding hydrogens is 512 g/mol. The second-order valence-corrected chi connectivity index (χ2v) is 11.2. The summed E-state index contributed by atoms with van der Waals surface area (Å²) in [5.74, 6) is -0.472. The lowest BCUT2D eigenvalue weighted by molar-refractivity contribution is -0.139. The molecule has 40 heavy (non-hydrogen) atoms. The molecule has 230 valence electrons. The second-order valence-electron chi connectivity index (χ2n) is 11.2. The van der Waals surface area contributed by atoms with Gasteiger partial charge in [-0.3, -0.25) is 4.79 Å². The monoisotopic (exact) mass is 566 g/mol. The largest absolute Gasteiger partial charge is 0.481 e. The molecule has 0 aliphatic rings. The Bertz CT molecular complexity index is 872. The zero-order valence-corrected chi connectivity index (χ0v) is 25.1. The van der Waals surface area contributed by atoms with Crippen molar-refractivity contribution < 1.29 is 40.5 Å². The molecule has 0 aliphatic heterocycles. The first-order valence-corrected chi connectivity index (χ1v) is 14.3. The highest BCUT2D eigenvalue weighted by Gasteiger charge is 2.17. The van der Waals surface area contributed by atoms with Crippen LogP contribution in [0.25, 0.3) is 0 Å². The number of aliphatic carboxylic acids is 1. The molecule has 8 atom stereocenters. The first kappa shape index (κ1) is 37.9. The molecule has 0 rings (SSSR count). The van der Waals surface area contributed by atoms with Gasteiger partial charge in [0.15, 0.2) is 0 Å². The highest BCUT2D eigenvalue weighted by molar-refractivity contribution is 5.67. The maximum absolute atomic E-state index is 10.8. The van der Waals surface area contributed by atoms with E-state index in [1.807, 2.05) is 26.0 Å². The average Bonchev–Trinajstić information content (AvgIpc) is 2.86. The van der Waals surface area contributed by atoms with Gasteiger partial charge < -0.3 is 35.7 Å². The molecule has 8 nitrogen and oxygen atoms in total. The maximum Gasteiger partial charge on any atom is 0.305 e. The van der Waals surface area contributed by atoms with Gasteiger partial charge in [-0.05, 0) is 61.7 Å².